The normalized spacial score (nSPS) is 12.5. The van der Waals surface area contributed by atoms with Gasteiger partial charge in [-0.05, 0) is 25.7 Å². The van der Waals surface area contributed by atoms with Crippen LogP contribution in [0.2, 0.25) is 0 Å². The molecule has 9 N–H and O–H groups in total. The van der Waals surface area contributed by atoms with Gasteiger partial charge in [0.15, 0.2) is 5.96 Å². The maximum atomic E-state index is 12.7. The summed E-state index contributed by atoms with van der Waals surface area (Å²) in [7, 11) is 0. The van der Waals surface area contributed by atoms with Crippen LogP contribution in [0, 0.1) is 5.41 Å². The first-order valence-corrected chi connectivity index (χ1v) is 8.18. The van der Waals surface area contributed by atoms with Crippen LogP contribution >= 0.6 is 0 Å². The average Bonchev–Trinajstić information content (AvgIpc) is 2.49. The Balaban J connectivity index is 4.85. The first-order chi connectivity index (χ1) is 10.8. The van der Waals surface area contributed by atoms with Gasteiger partial charge in [0.25, 0.3) is 0 Å². The van der Waals surface area contributed by atoms with Crippen LogP contribution in [0.5, 0.6) is 0 Å². The van der Waals surface area contributed by atoms with Crippen LogP contribution in [-0.2, 0) is 9.59 Å². The Morgan fingerprint density at radius 1 is 1.13 bits per heavy atom. The predicted molar refractivity (Wildman–Crippen MR) is 92.3 cm³/mol. The Morgan fingerprint density at radius 3 is 2.09 bits per heavy atom. The number of hydrogen-bond donors (Lipinski definition) is 5. The molecule has 0 bridgehead atoms. The highest BCUT2D eigenvalue weighted by Crippen LogP contribution is 2.29. The second kappa shape index (κ2) is 10.8. The second-order valence-corrected chi connectivity index (χ2v) is 5.86. The van der Waals surface area contributed by atoms with Crippen LogP contribution in [-0.4, -0.2) is 36.9 Å². The van der Waals surface area contributed by atoms with Crippen molar-refractivity contribution in [2.24, 2.45) is 33.3 Å². The third-order valence-corrected chi connectivity index (χ3v) is 3.92. The van der Waals surface area contributed by atoms with E-state index < -0.39 is 17.4 Å². The lowest BCUT2D eigenvalue weighted by atomic mass is 9.78. The third kappa shape index (κ3) is 7.32. The summed E-state index contributed by atoms with van der Waals surface area (Å²) in [6.07, 6.45) is 3.98. The number of hydrogen-bond acceptors (Lipinski definition) is 4. The van der Waals surface area contributed by atoms with Crippen molar-refractivity contribution in [2.75, 3.05) is 13.1 Å². The minimum Gasteiger partial charge on any atom is -0.370 e. The number of nitrogens with one attached hydrogen (secondary N) is 1. The van der Waals surface area contributed by atoms with Crippen LogP contribution in [0.15, 0.2) is 4.99 Å². The van der Waals surface area contributed by atoms with Crippen LogP contribution in [0.25, 0.3) is 0 Å². The molecule has 134 valence electrons. The molecule has 0 aromatic heterocycles. The van der Waals surface area contributed by atoms with Gasteiger partial charge in [0.05, 0.1) is 5.41 Å². The van der Waals surface area contributed by atoms with Gasteiger partial charge >= 0.3 is 0 Å². The SMILES string of the molecule is CCCC(CN)(CCC)C(=O)N[C@@H](CCCN=C(N)N)C(N)=O. The van der Waals surface area contributed by atoms with Gasteiger partial charge in [-0.25, -0.2) is 0 Å². The number of aliphatic imine (C=N–C) groups is 1. The molecule has 0 aliphatic carbocycles. The molecule has 0 radical (unpaired) electrons. The van der Waals surface area contributed by atoms with Crippen LogP contribution < -0.4 is 28.3 Å². The van der Waals surface area contributed by atoms with Gasteiger partial charge in [0, 0.05) is 13.1 Å². The van der Waals surface area contributed by atoms with Crippen molar-refractivity contribution < 1.29 is 9.59 Å². The number of nitrogens with zero attached hydrogens (tertiary/aromatic N) is 1. The van der Waals surface area contributed by atoms with Crippen LogP contribution in [0.4, 0.5) is 0 Å². The lowest BCUT2D eigenvalue weighted by molar-refractivity contribution is -0.135. The highest BCUT2D eigenvalue weighted by Gasteiger charge is 2.36. The molecule has 8 nitrogen and oxygen atoms in total. The first-order valence-electron chi connectivity index (χ1n) is 8.18. The van der Waals surface area contributed by atoms with Crippen molar-refractivity contribution in [2.45, 2.75) is 58.4 Å². The molecule has 1 atom stereocenters. The molecule has 0 aliphatic heterocycles. The maximum absolute atomic E-state index is 12.7. The van der Waals surface area contributed by atoms with E-state index >= 15 is 0 Å². The molecule has 0 heterocycles. The van der Waals surface area contributed by atoms with Crippen molar-refractivity contribution in [1.82, 2.24) is 5.32 Å². The molecular weight excluding hydrogens is 296 g/mol. The van der Waals surface area contributed by atoms with E-state index in [2.05, 4.69) is 10.3 Å². The minimum absolute atomic E-state index is 0.00213. The fourth-order valence-corrected chi connectivity index (χ4v) is 2.71. The summed E-state index contributed by atoms with van der Waals surface area (Å²) in [5.74, 6) is -0.769. The quantitative estimate of drug-likeness (QED) is 0.186. The van der Waals surface area contributed by atoms with Gasteiger partial charge in [-0.1, -0.05) is 26.7 Å². The van der Waals surface area contributed by atoms with E-state index in [0.29, 0.717) is 32.2 Å². The zero-order valence-electron chi connectivity index (χ0n) is 14.3. The van der Waals surface area contributed by atoms with E-state index in [1.54, 1.807) is 0 Å². The fourth-order valence-electron chi connectivity index (χ4n) is 2.71. The Kier molecular flexibility index (Phi) is 9.96. The highest BCUT2D eigenvalue weighted by molar-refractivity contribution is 5.89. The van der Waals surface area contributed by atoms with Crippen molar-refractivity contribution in [3.63, 3.8) is 0 Å². The molecular formula is C15H32N6O2. The van der Waals surface area contributed by atoms with Gasteiger partial charge in [0.1, 0.15) is 6.04 Å². The number of guanidine groups is 1. The fraction of sp³-hybridized carbons (Fsp3) is 0.800. The Hall–Kier alpha value is -1.83. The summed E-state index contributed by atoms with van der Waals surface area (Å²) >= 11 is 0. The number of nitrogens with two attached hydrogens (primary N) is 4. The van der Waals surface area contributed by atoms with Gasteiger partial charge < -0.3 is 28.3 Å². The summed E-state index contributed by atoms with van der Waals surface area (Å²) in [5, 5.41) is 2.76. The predicted octanol–water partition coefficient (Wildman–Crippen LogP) is -0.445. The topological polar surface area (TPSA) is 163 Å². The lowest BCUT2D eigenvalue weighted by Gasteiger charge is -2.32. The van der Waals surface area contributed by atoms with Crippen molar-refractivity contribution >= 4 is 17.8 Å². The van der Waals surface area contributed by atoms with E-state index in [0.717, 1.165) is 12.8 Å². The van der Waals surface area contributed by atoms with E-state index in [9.17, 15) is 9.59 Å². The summed E-state index contributed by atoms with van der Waals surface area (Å²) in [6, 6.07) is -0.740. The minimum atomic E-state index is -0.740. The van der Waals surface area contributed by atoms with Crippen molar-refractivity contribution in [1.29, 1.82) is 0 Å². The number of carbonyl (C=O) groups excluding carboxylic acids is 2. The molecule has 0 fully saturated rings. The molecule has 0 rings (SSSR count). The molecule has 0 saturated heterocycles. The lowest BCUT2D eigenvalue weighted by Crippen LogP contribution is -2.52. The van der Waals surface area contributed by atoms with Gasteiger partial charge in [-0.15, -0.1) is 0 Å². The molecule has 0 aromatic rings. The van der Waals surface area contributed by atoms with E-state index in [-0.39, 0.29) is 18.4 Å². The molecule has 0 spiro atoms. The molecule has 23 heavy (non-hydrogen) atoms. The summed E-state index contributed by atoms with van der Waals surface area (Å²) < 4.78 is 0. The summed E-state index contributed by atoms with van der Waals surface area (Å²) in [6.45, 7) is 4.65. The van der Waals surface area contributed by atoms with Gasteiger partial charge in [0.2, 0.25) is 11.8 Å². The van der Waals surface area contributed by atoms with Crippen LogP contribution in [0.3, 0.4) is 0 Å². The molecule has 0 aromatic carbocycles. The summed E-state index contributed by atoms with van der Waals surface area (Å²) in [5.41, 5.74) is 21.1. The number of carbonyl (C=O) groups is 2. The zero-order chi connectivity index (χ0) is 17.9. The number of amides is 2. The van der Waals surface area contributed by atoms with E-state index in [1.807, 2.05) is 13.8 Å². The molecule has 8 heteroatoms. The smallest absolute Gasteiger partial charge is 0.240 e. The molecule has 0 unspecified atom stereocenters. The van der Waals surface area contributed by atoms with Crippen molar-refractivity contribution in [3.05, 3.63) is 0 Å². The largest absolute Gasteiger partial charge is 0.370 e. The summed E-state index contributed by atoms with van der Waals surface area (Å²) in [4.78, 5) is 28.1. The highest BCUT2D eigenvalue weighted by atomic mass is 16.2. The Labute approximate surface area is 138 Å². The zero-order valence-corrected chi connectivity index (χ0v) is 14.3. The average molecular weight is 328 g/mol. The monoisotopic (exact) mass is 328 g/mol. The second-order valence-electron chi connectivity index (χ2n) is 5.86. The standard InChI is InChI=1S/C15H32N6O2/c1-3-7-15(10-16,8-4-2)13(23)21-11(12(17)22)6-5-9-20-14(18)19/h11H,3-10,16H2,1-2H3,(H2,17,22)(H,21,23)(H4,18,19,20)/t11-/m0/s1. The number of primary amides is 1. The maximum Gasteiger partial charge on any atom is 0.240 e. The first kappa shape index (κ1) is 21.2. The van der Waals surface area contributed by atoms with E-state index in [1.165, 1.54) is 0 Å². The number of rotatable bonds is 12. The van der Waals surface area contributed by atoms with Crippen LogP contribution in [0.1, 0.15) is 52.4 Å². The van der Waals surface area contributed by atoms with Crippen molar-refractivity contribution in [3.8, 4) is 0 Å². The van der Waals surface area contributed by atoms with Gasteiger partial charge in [-0.2, -0.15) is 0 Å². The molecule has 0 aliphatic rings. The molecule has 0 saturated carbocycles. The molecule has 2 amide bonds. The third-order valence-electron chi connectivity index (χ3n) is 3.92. The van der Waals surface area contributed by atoms with Gasteiger partial charge in [-0.3, -0.25) is 14.6 Å². The Morgan fingerprint density at radius 2 is 1.70 bits per heavy atom. The Bertz CT molecular complexity index is 401. The van der Waals surface area contributed by atoms with E-state index in [4.69, 9.17) is 22.9 Å².